The van der Waals surface area contributed by atoms with Crippen molar-refractivity contribution in [2.24, 2.45) is 0 Å². The summed E-state index contributed by atoms with van der Waals surface area (Å²) in [7, 11) is -0.131. The maximum absolute atomic E-state index is 12.8. The van der Waals surface area contributed by atoms with Crippen molar-refractivity contribution in [2.45, 2.75) is 57.3 Å². The van der Waals surface area contributed by atoms with Gasteiger partial charge in [0.2, 0.25) is 10.0 Å². The summed E-state index contributed by atoms with van der Waals surface area (Å²) < 4.78 is 30.2. The smallest absolute Gasteiger partial charge is 0.263 e. The van der Waals surface area contributed by atoms with Gasteiger partial charge in [0, 0.05) is 14.1 Å². The number of hydrogen-bond donors (Lipinski definition) is 1. The summed E-state index contributed by atoms with van der Waals surface area (Å²) in [5.74, 6) is 0.347. The lowest BCUT2D eigenvalue weighted by Crippen LogP contribution is -2.50. The number of aliphatic hydroxyl groups excluding tert-OH is 1. The van der Waals surface area contributed by atoms with Crippen LogP contribution in [0.25, 0.3) is 0 Å². The van der Waals surface area contributed by atoms with Crippen molar-refractivity contribution in [1.29, 1.82) is 0 Å². The van der Waals surface area contributed by atoms with E-state index in [9.17, 15) is 18.3 Å². The predicted octanol–water partition coefficient (Wildman–Crippen LogP) is 2.00. The molecule has 0 saturated heterocycles. The van der Waals surface area contributed by atoms with Crippen molar-refractivity contribution in [3.05, 3.63) is 24.3 Å². The number of carbonyl (C=O) groups is 1. The fourth-order valence-electron chi connectivity index (χ4n) is 3.33. The van der Waals surface area contributed by atoms with Gasteiger partial charge in [0.15, 0.2) is 6.10 Å². The van der Waals surface area contributed by atoms with E-state index in [1.807, 2.05) is 6.92 Å². The van der Waals surface area contributed by atoms with Gasteiger partial charge in [0.1, 0.15) is 5.75 Å². The Hall–Kier alpha value is -1.80. The van der Waals surface area contributed by atoms with Gasteiger partial charge in [-0.2, -0.15) is 0 Å². The molecule has 0 unspecified atom stereocenters. The summed E-state index contributed by atoms with van der Waals surface area (Å²) in [6.45, 7) is 1.87. The first-order chi connectivity index (χ1) is 12.6. The van der Waals surface area contributed by atoms with Crippen LogP contribution in [0.5, 0.6) is 5.75 Å². The second kappa shape index (κ2) is 8.93. The SMILES string of the molecule is CC[C@H](Oc1ccc(N(C)S(C)(=O)=O)cc1)C(=O)N(C)[C@@H]1CCCC[C@H]1O. The van der Waals surface area contributed by atoms with Crippen LogP contribution in [0.3, 0.4) is 0 Å². The van der Waals surface area contributed by atoms with E-state index in [2.05, 4.69) is 0 Å². The maximum atomic E-state index is 12.8. The van der Waals surface area contributed by atoms with E-state index in [1.165, 1.54) is 11.4 Å². The third-order valence-corrected chi connectivity index (χ3v) is 6.37. The second-order valence-electron chi connectivity index (χ2n) is 7.11. The molecule has 1 saturated carbocycles. The van der Waals surface area contributed by atoms with Crippen molar-refractivity contribution < 1.29 is 23.1 Å². The first kappa shape index (κ1) is 21.5. The van der Waals surface area contributed by atoms with Crippen molar-refractivity contribution in [3.63, 3.8) is 0 Å². The third-order valence-electron chi connectivity index (χ3n) is 5.16. The van der Waals surface area contributed by atoms with Crippen molar-refractivity contribution >= 4 is 21.6 Å². The van der Waals surface area contributed by atoms with Gasteiger partial charge in [0.05, 0.1) is 24.1 Å². The Morgan fingerprint density at radius 1 is 1.22 bits per heavy atom. The average Bonchev–Trinajstić information content (AvgIpc) is 2.64. The standard InChI is InChI=1S/C19H30N2O5S/c1-5-18(19(23)20(2)16-8-6-7-9-17(16)22)26-15-12-10-14(11-13-15)21(3)27(4,24)25/h10-13,16-18,22H,5-9H2,1-4H3/t16-,17-,18+/m1/s1. The molecule has 152 valence electrons. The summed E-state index contributed by atoms with van der Waals surface area (Å²) in [6, 6.07) is 6.42. The van der Waals surface area contributed by atoms with Gasteiger partial charge < -0.3 is 14.7 Å². The number of amides is 1. The number of ether oxygens (including phenoxy) is 1. The fraction of sp³-hybridized carbons (Fsp3) is 0.632. The Kier molecular flexibility index (Phi) is 7.11. The number of aliphatic hydroxyl groups is 1. The van der Waals surface area contributed by atoms with E-state index in [-0.39, 0.29) is 11.9 Å². The topological polar surface area (TPSA) is 87.2 Å². The van der Waals surface area contributed by atoms with E-state index in [1.54, 1.807) is 36.2 Å². The molecule has 1 aliphatic rings. The van der Waals surface area contributed by atoms with Crippen LogP contribution in [0.1, 0.15) is 39.0 Å². The maximum Gasteiger partial charge on any atom is 0.263 e. The summed E-state index contributed by atoms with van der Waals surface area (Å²) in [6.07, 6.45) is 4.00. The van der Waals surface area contributed by atoms with Crippen LogP contribution < -0.4 is 9.04 Å². The zero-order valence-electron chi connectivity index (χ0n) is 16.5. The summed E-state index contributed by atoms with van der Waals surface area (Å²) in [5.41, 5.74) is 0.520. The van der Waals surface area contributed by atoms with Gasteiger partial charge >= 0.3 is 0 Å². The number of nitrogens with zero attached hydrogens (tertiary/aromatic N) is 2. The molecular formula is C19H30N2O5S. The van der Waals surface area contributed by atoms with E-state index in [4.69, 9.17) is 4.74 Å². The summed E-state index contributed by atoms with van der Waals surface area (Å²) >= 11 is 0. The Balaban J connectivity index is 2.06. The van der Waals surface area contributed by atoms with Crippen LogP contribution in [-0.2, 0) is 14.8 Å². The van der Waals surface area contributed by atoms with Crippen molar-refractivity contribution in [2.75, 3.05) is 24.7 Å². The second-order valence-corrected chi connectivity index (χ2v) is 9.12. The van der Waals surface area contributed by atoms with Gasteiger partial charge in [-0.3, -0.25) is 9.10 Å². The van der Waals surface area contributed by atoms with Gasteiger partial charge in [-0.25, -0.2) is 8.42 Å². The molecule has 0 aromatic heterocycles. The molecule has 1 aromatic carbocycles. The molecule has 1 aromatic rings. The van der Waals surface area contributed by atoms with Crippen LogP contribution in [0.2, 0.25) is 0 Å². The molecule has 8 heteroatoms. The fourth-order valence-corrected chi connectivity index (χ4v) is 3.84. The summed E-state index contributed by atoms with van der Waals surface area (Å²) in [4.78, 5) is 14.4. The normalized spacial score (nSPS) is 21.4. The van der Waals surface area contributed by atoms with E-state index in [0.717, 1.165) is 31.9 Å². The number of likely N-dealkylation sites (N-methyl/N-ethyl adjacent to an activating group) is 1. The minimum absolute atomic E-state index is 0.152. The molecule has 0 radical (unpaired) electrons. The highest BCUT2D eigenvalue weighted by Gasteiger charge is 2.33. The number of hydrogen-bond acceptors (Lipinski definition) is 5. The molecule has 1 aliphatic carbocycles. The van der Waals surface area contributed by atoms with Crippen LogP contribution in [0.15, 0.2) is 24.3 Å². The minimum atomic E-state index is -3.33. The highest BCUT2D eigenvalue weighted by molar-refractivity contribution is 7.92. The lowest BCUT2D eigenvalue weighted by molar-refractivity contribution is -0.143. The lowest BCUT2D eigenvalue weighted by atomic mass is 9.91. The molecule has 0 aliphatic heterocycles. The predicted molar refractivity (Wildman–Crippen MR) is 105 cm³/mol. The quantitative estimate of drug-likeness (QED) is 0.759. The Morgan fingerprint density at radius 3 is 2.33 bits per heavy atom. The Bertz CT molecular complexity index is 735. The van der Waals surface area contributed by atoms with Crippen LogP contribution in [0.4, 0.5) is 5.69 Å². The van der Waals surface area contributed by atoms with Gasteiger partial charge in [-0.05, 0) is 43.5 Å². The molecule has 0 spiro atoms. The number of sulfonamides is 1. The molecule has 1 fully saturated rings. The number of rotatable bonds is 7. The highest BCUT2D eigenvalue weighted by atomic mass is 32.2. The first-order valence-corrected chi connectivity index (χ1v) is 11.1. The highest BCUT2D eigenvalue weighted by Crippen LogP contribution is 2.25. The largest absolute Gasteiger partial charge is 0.481 e. The molecule has 27 heavy (non-hydrogen) atoms. The zero-order chi connectivity index (χ0) is 20.2. The van der Waals surface area contributed by atoms with Crippen LogP contribution in [0, 0.1) is 0 Å². The number of carbonyl (C=O) groups excluding carboxylic acids is 1. The Morgan fingerprint density at radius 2 is 1.81 bits per heavy atom. The first-order valence-electron chi connectivity index (χ1n) is 9.30. The molecule has 3 atom stereocenters. The molecule has 0 heterocycles. The summed E-state index contributed by atoms with van der Waals surface area (Å²) in [5, 5.41) is 10.2. The van der Waals surface area contributed by atoms with Crippen molar-refractivity contribution in [3.8, 4) is 5.75 Å². The van der Waals surface area contributed by atoms with Gasteiger partial charge in [-0.1, -0.05) is 19.8 Å². The van der Waals surface area contributed by atoms with Crippen LogP contribution in [-0.4, -0.2) is 62.9 Å². The molecule has 1 amide bonds. The zero-order valence-corrected chi connectivity index (χ0v) is 17.3. The number of benzene rings is 1. The minimum Gasteiger partial charge on any atom is -0.481 e. The third kappa shape index (κ3) is 5.35. The van der Waals surface area contributed by atoms with Gasteiger partial charge in [0.25, 0.3) is 5.91 Å². The molecule has 1 N–H and O–H groups in total. The van der Waals surface area contributed by atoms with Crippen LogP contribution >= 0.6 is 0 Å². The average molecular weight is 399 g/mol. The molecule has 0 bridgehead atoms. The van der Waals surface area contributed by atoms with Gasteiger partial charge in [-0.15, -0.1) is 0 Å². The van der Waals surface area contributed by atoms with Crippen molar-refractivity contribution in [1.82, 2.24) is 4.90 Å². The monoisotopic (exact) mass is 398 g/mol. The Labute approximate surface area is 162 Å². The lowest BCUT2D eigenvalue weighted by Gasteiger charge is -2.36. The van der Waals surface area contributed by atoms with E-state index < -0.39 is 22.2 Å². The molecule has 2 rings (SSSR count). The van der Waals surface area contributed by atoms with E-state index in [0.29, 0.717) is 17.9 Å². The molecular weight excluding hydrogens is 368 g/mol. The molecule has 7 nitrogen and oxygen atoms in total. The number of anilines is 1. The van der Waals surface area contributed by atoms with E-state index >= 15 is 0 Å².